The van der Waals surface area contributed by atoms with Gasteiger partial charge in [0.1, 0.15) is 0 Å². The number of hydrogen-bond donors (Lipinski definition) is 1. The Morgan fingerprint density at radius 3 is 2.58 bits per heavy atom. The van der Waals surface area contributed by atoms with Gasteiger partial charge in [-0.25, -0.2) is 14.3 Å². The lowest BCUT2D eigenvalue weighted by Crippen LogP contribution is -2.50. The van der Waals surface area contributed by atoms with Crippen molar-refractivity contribution in [3.8, 4) is 0 Å². The van der Waals surface area contributed by atoms with Gasteiger partial charge in [0.2, 0.25) is 5.16 Å². The molecule has 174 valence electrons. The van der Waals surface area contributed by atoms with Crippen molar-refractivity contribution in [2.24, 2.45) is 0 Å². The summed E-state index contributed by atoms with van der Waals surface area (Å²) in [5, 5.41) is 16.2. The molecular formula is C23H28N6O3S. The van der Waals surface area contributed by atoms with Crippen LogP contribution in [-0.2, 0) is 9.53 Å². The smallest absolute Gasteiger partial charge is 0.338 e. The molecule has 1 aromatic heterocycles. The third-order valence-electron chi connectivity index (χ3n) is 6.55. The Morgan fingerprint density at radius 2 is 1.88 bits per heavy atom. The Hall–Kier alpha value is -2.88. The first-order valence-corrected chi connectivity index (χ1v) is 12.5. The van der Waals surface area contributed by atoms with Crippen LogP contribution >= 0.6 is 11.8 Å². The molecule has 1 aliphatic heterocycles. The third-order valence-corrected chi connectivity index (χ3v) is 7.49. The lowest BCUT2D eigenvalue weighted by atomic mass is 9.95. The number of methoxy groups -OCH3 is 1. The van der Waals surface area contributed by atoms with Crippen molar-refractivity contribution >= 4 is 23.8 Å². The number of nitrogens with zero attached hydrogens (tertiary/aromatic N) is 5. The van der Waals surface area contributed by atoms with Crippen LogP contribution in [0.25, 0.3) is 0 Å². The van der Waals surface area contributed by atoms with Crippen LogP contribution in [0, 0.1) is 0 Å². The molecule has 0 spiro atoms. The average molecular weight is 469 g/mol. The van der Waals surface area contributed by atoms with Gasteiger partial charge in [0, 0.05) is 17.5 Å². The van der Waals surface area contributed by atoms with Gasteiger partial charge in [0.25, 0.3) is 0 Å². The van der Waals surface area contributed by atoms with E-state index in [2.05, 4.69) is 20.8 Å². The van der Waals surface area contributed by atoms with Crippen molar-refractivity contribution in [2.45, 2.75) is 68.2 Å². The second kappa shape index (κ2) is 9.54. The van der Waals surface area contributed by atoms with E-state index in [9.17, 15) is 9.59 Å². The predicted octanol–water partition coefficient (Wildman–Crippen LogP) is 3.63. The Morgan fingerprint density at radius 1 is 1.12 bits per heavy atom. The predicted molar refractivity (Wildman–Crippen MR) is 122 cm³/mol. The zero-order chi connectivity index (χ0) is 22.8. The molecule has 0 saturated heterocycles. The largest absolute Gasteiger partial charge is 0.466 e. The number of esters is 1. The highest BCUT2D eigenvalue weighted by Gasteiger charge is 2.44. The van der Waals surface area contributed by atoms with Gasteiger partial charge >= 0.3 is 12.0 Å². The van der Waals surface area contributed by atoms with Crippen LogP contribution < -0.4 is 5.32 Å². The molecule has 5 rings (SSSR count). The summed E-state index contributed by atoms with van der Waals surface area (Å²) in [5.74, 6) is -0.0258. The Balaban J connectivity index is 1.50. The molecule has 10 heteroatoms. The molecule has 2 saturated carbocycles. The van der Waals surface area contributed by atoms with Gasteiger partial charge in [0.15, 0.2) is 0 Å². The third kappa shape index (κ3) is 4.48. The fourth-order valence-electron chi connectivity index (χ4n) is 4.76. The number of ether oxygens (including phenoxy) is 1. The summed E-state index contributed by atoms with van der Waals surface area (Å²) in [6.07, 6.45) is 7.60. The molecule has 1 atom stereocenters. The highest BCUT2D eigenvalue weighted by molar-refractivity contribution is 7.99. The second-order valence-corrected chi connectivity index (χ2v) is 9.68. The van der Waals surface area contributed by atoms with Crippen molar-refractivity contribution in [3.63, 3.8) is 0 Å². The average Bonchev–Trinajstić information content (AvgIpc) is 3.58. The van der Waals surface area contributed by atoms with Crippen LogP contribution in [0.2, 0.25) is 0 Å². The first-order chi connectivity index (χ1) is 16.2. The fourth-order valence-corrected chi connectivity index (χ4v) is 5.73. The first kappa shape index (κ1) is 21.9. The highest BCUT2D eigenvalue weighted by atomic mass is 32.2. The number of tetrazole rings is 1. The monoisotopic (exact) mass is 468 g/mol. The molecule has 1 unspecified atom stereocenters. The maximum Gasteiger partial charge on any atom is 0.338 e. The topological polar surface area (TPSA) is 102 Å². The Labute approximate surface area is 196 Å². The summed E-state index contributed by atoms with van der Waals surface area (Å²) in [5.41, 5.74) is 2.00. The Kier molecular flexibility index (Phi) is 6.34. The summed E-state index contributed by atoms with van der Waals surface area (Å²) < 4.78 is 7.10. The highest BCUT2D eigenvalue weighted by Crippen LogP contribution is 2.40. The SMILES string of the molecule is COC(=O)C1=C(CSc2nnnn2C2CCCCC2)N(C2CC2)C(=O)NC1c1ccccc1. The molecule has 1 aromatic carbocycles. The van der Waals surface area contributed by atoms with Crippen molar-refractivity contribution in [1.82, 2.24) is 30.4 Å². The zero-order valence-corrected chi connectivity index (χ0v) is 19.5. The van der Waals surface area contributed by atoms with E-state index in [1.807, 2.05) is 35.0 Å². The fraction of sp³-hybridized carbons (Fsp3) is 0.522. The molecule has 33 heavy (non-hydrogen) atoms. The van der Waals surface area contributed by atoms with Gasteiger partial charge in [-0.1, -0.05) is 61.4 Å². The number of aromatic nitrogens is 4. The van der Waals surface area contributed by atoms with Crippen molar-refractivity contribution in [2.75, 3.05) is 12.9 Å². The van der Waals surface area contributed by atoms with E-state index >= 15 is 0 Å². The summed E-state index contributed by atoms with van der Waals surface area (Å²) in [4.78, 5) is 27.9. The second-order valence-electron chi connectivity index (χ2n) is 8.73. The Bertz CT molecular complexity index is 1050. The maximum absolute atomic E-state index is 13.2. The van der Waals surface area contributed by atoms with E-state index in [-0.39, 0.29) is 12.1 Å². The van der Waals surface area contributed by atoms with E-state index in [0.29, 0.717) is 23.1 Å². The van der Waals surface area contributed by atoms with Crippen molar-refractivity contribution in [3.05, 3.63) is 47.2 Å². The van der Waals surface area contributed by atoms with Gasteiger partial charge in [-0.3, -0.25) is 4.90 Å². The number of benzene rings is 1. The molecule has 1 N–H and O–H groups in total. The van der Waals surface area contributed by atoms with Gasteiger partial charge in [-0.05, 0) is 41.7 Å². The zero-order valence-electron chi connectivity index (χ0n) is 18.6. The van der Waals surface area contributed by atoms with Gasteiger partial charge in [-0.2, -0.15) is 0 Å². The number of thioether (sulfide) groups is 1. The molecule has 0 radical (unpaired) electrons. The van der Waals surface area contributed by atoms with E-state index < -0.39 is 12.0 Å². The quantitative estimate of drug-likeness (QED) is 0.489. The van der Waals surface area contributed by atoms with E-state index in [1.54, 1.807) is 4.90 Å². The summed E-state index contributed by atoms with van der Waals surface area (Å²) in [6.45, 7) is 0. The van der Waals surface area contributed by atoms with Gasteiger partial charge in [-0.15, -0.1) is 5.10 Å². The van der Waals surface area contributed by atoms with E-state index in [1.165, 1.54) is 38.1 Å². The molecule has 3 aliphatic rings. The summed E-state index contributed by atoms with van der Waals surface area (Å²) in [6, 6.07) is 9.20. The molecule has 2 fully saturated rings. The number of nitrogens with one attached hydrogen (secondary N) is 1. The summed E-state index contributed by atoms with van der Waals surface area (Å²) >= 11 is 1.47. The van der Waals surface area contributed by atoms with Crippen molar-refractivity contribution < 1.29 is 14.3 Å². The molecule has 2 aromatic rings. The van der Waals surface area contributed by atoms with Gasteiger partial charge in [0.05, 0.1) is 24.8 Å². The molecule has 2 heterocycles. The van der Waals surface area contributed by atoms with Crippen LogP contribution in [0.15, 0.2) is 46.8 Å². The molecule has 9 nitrogen and oxygen atoms in total. The van der Waals surface area contributed by atoms with Crippen LogP contribution in [0.3, 0.4) is 0 Å². The standard InChI is InChI=1S/C23H28N6O3S/c1-32-21(30)19-18(14-33-23-25-26-27-29(23)17-10-6-3-7-11-17)28(16-12-13-16)22(31)24-20(19)15-8-4-2-5-9-15/h2,4-5,8-9,16-17,20H,3,6-7,10-14H2,1H3,(H,24,31). The number of hydrogen-bond acceptors (Lipinski definition) is 7. The number of carbonyl (C=O) groups is 2. The lowest BCUT2D eigenvalue weighted by Gasteiger charge is -2.36. The molecule has 0 bridgehead atoms. The number of urea groups is 1. The van der Waals surface area contributed by atoms with Crippen LogP contribution in [0.1, 0.15) is 62.6 Å². The van der Waals surface area contributed by atoms with Gasteiger partial charge < -0.3 is 10.1 Å². The summed E-state index contributed by atoms with van der Waals surface area (Å²) in [7, 11) is 1.38. The first-order valence-electron chi connectivity index (χ1n) is 11.5. The van der Waals surface area contributed by atoms with E-state index in [4.69, 9.17) is 4.74 Å². The number of amides is 2. The minimum absolute atomic E-state index is 0.103. The maximum atomic E-state index is 13.2. The number of rotatable bonds is 7. The minimum Gasteiger partial charge on any atom is -0.466 e. The normalized spacial score (nSPS) is 21.8. The van der Waals surface area contributed by atoms with Crippen LogP contribution in [0.5, 0.6) is 0 Å². The molecule has 2 amide bonds. The van der Waals surface area contributed by atoms with Crippen molar-refractivity contribution in [1.29, 1.82) is 0 Å². The lowest BCUT2D eigenvalue weighted by molar-refractivity contribution is -0.136. The van der Waals surface area contributed by atoms with E-state index in [0.717, 1.165) is 36.4 Å². The van der Waals surface area contributed by atoms with Crippen LogP contribution in [0.4, 0.5) is 4.79 Å². The number of carbonyl (C=O) groups excluding carboxylic acids is 2. The molecular weight excluding hydrogens is 440 g/mol. The molecule has 2 aliphatic carbocycles. The van der Waals surface area contributed by atoms with Crippen LogP contribution in [-0.4, -0.2) is 56.0 Å². The minimum atomic E-state index is -0.564.